The SMILES string of the molecule is C[C@H](Oc1ccc2c(c1)CCCC2)C(=O)Nc1nnc(SCc2ccccc2)s1. The molecule has 2 aromatic carbocycles. The fourth-order valence-corrected chi connectivity index (χ4v) is 5.00. The highest BCUT2D eigenvalue weighted by Crippen LogP contribution is 2.29. The maximum atomic E-state index is 12.5. The molecule has 1 atom stereocenters. The number of fused-ring (bicyclic) bond motifs is 1. The van der Waals surface area contributed by atoms with E-state index in [2.05, 4.69) is 39.8 Å². The van der Waals surface area contributed by atoms with Gasteiger partial charge in [0, 0.05) is 5.75 Å². The Morgan fingerprint density at radius 1 is 1.14 bits per heavy atom. The molecule has 5 nitrogen and oxygen atoms in total. The molecule has 0 spiro atoms. The van der Waals surface area contributed by atoms with Gasteiger partial charge in [-0.15, -0.1) is 10.2 Å². The lowest BCUT2D eigenvalue weighted by Crippen LogP contribution is -2.30. The number of aryl methyl sites for hydroxylation is 2. The van der Waals surface area contributed by atoms with Crippen LogP contribution in [0.1, 0.15) is 36.5 Å². The van der Waals surface area contributed by atoms with Crippen LogP contribution in [0.2, 0.25) is 0 Å². The zero-order valence-electron chi connectivity index (χ0n) is 16.3. The Morgan fingerprint density at radius 2 is 1.93 bits per heavy atom. The summed E-state index contributed by atoms with van der Waals surface area (Å²) in [5.41, 5.74) is 3.96. The Kier molecular flexibility index (Phi) is 6.46. The number of hydrogen-bond acceptors (Lipinski definition) is 6. The zero-order chi connectivity index (χ0) is 20.1. The van der Waals surface area contributed by atoms with E-state index >= 15 is 0 Å². The smallest absolute Gasteiger partial charge is 0.266 e. The summed E-state index contributed by atoms with van der Waals surface area (Å²) in [6, 6.07) is 16.3. The number of nitrogens with one attached hydrogen (secondary N) is 1. The van der Waals surface area contributed by atoms with E-state index in [1.165, 1.54) is 40.9 Å². The maximum absolute atomic E-state index is 12.5. The number of anilines is 1. The molecular formula is C22H23N3O2S2. The van der Waals surface area contributed by atoms with Crippen LogP contribution in [0.25, 0.3) is 0 Å². The minimum atomic E-state index is -0.610. The van der Waals surface area contributed by atoms with Gasteiger partial charge in [-0.3, -0.25) is 10.1 Å². The van der Waals surface area contributed by atoms with E-state index in [-0.39, 0.29) is 5.91 Å². The fourth-order valence-electron chi connectivity index (χ4n) is 3.29. The van der Waals surface area contributed by atoms with Gasteiger partial charge in [-0.2, -0.15) is 0 Å². The summed E-state index contributed by atoms with van der Waals surface area (Å²) in [7, 11) is 0. The van der Waals surface area contributed by atoms with Crippen LogP contribution in [-0.2, 0) is 23.4 Å². The molecule has 0 unspecified atom stereocenters. The van der Waals surface area contributed by atoms with E-state index in [0.29, 0.717) is 5.13 Å². The molecule has 0 saturated heterocycles. The monoisotopic (exact) mass is 425 g/mol. The normalized spacial score (nSPS) is 14.1. The van der Waals surface area contributed by atoms with Crippen molar-refractivity contribution in [3.05, 3.63) is 65.2 Å². The lowest BCUT2D eigenvalue weighted by atomic mass is 9.92. The van der Waals surface area contributed by atoms with Crippen LogP contribution in [0.15, 0.2) is 52.9 Å². The van der Waals surface area contributed by atoms with Crippen molar-refractivity contribution < 1.29 is 9.53 Å². The molecule has 150 valence electrons. The lowest BCUT2D eigenvalue weighted by molar-refractivity contribution is -0.122. The lowest BCUT2D eigenvalue weighted by Gasteiger charge is -2.18. The molecule has 1 aliphatic rings. The van der Waals surface area contributed by atoms with Crippen LogP contribution >= 0.6 is 23.1 Å². The summed E-state index contributed by atoms with van der Waals surface area (Å²) < 4.78 is 6.69. The summed E-state index contributed by atoms with van der Waals surface area (Å²) >= 11 is 2.98. The van der Waals surface area contributed by atoms with E-state index in [1.807, 2.05) is 24.3 Å². The Hall–Kier alpha value is -2.38. The van der Waals surface area contributed by atoms with Crippen molar-refractivity contribution in [2.75, 3.05) is 5.32 Å². The Morgan fingerprint density at radius 3 is 2.76 bits per heavy atom. The van der Waals surface area contributed by atoms with Crippen LogP contribution in [0.4, 0.5) is 5.13 Å². The largest absolute Gasteiger partial charge is 0.481 e. The highest BCUT2D eigenvalue weighted by atomic mass is 32.2. The third-order valence-electron chi connectivity index (χ3n) is 4.84. The molecule has 1 N–H and O–H groups in total. The minimum Gasteiger partial charge on any atom is -0.481 e. The van der Waals surface area contributed by atoms with Crippen molar-refractivity contribution in [2.45, 2.75) is 48.8 Å². The van der Waals surface area contributed by atoms with Gasteiger partial charge < -0.3 is 4.74 Å². The standard InChI is InChI=1S/C22H23N3O2S2/c1-15(27-19-12-11-17-9-5-6-10-18(17)13-19)20(26)23-21-24-25-22(29-21)28-14-16-7-3-2-4-8-16/h2-4,7-8,11-13,15H,5-6,9-10,14H2,1H3,(H,23,24,26)/t15-/m0/s1. The zero-order valence-corrected chi connectivity index (χ0v) is 17.9. The Balaban J connectivity index is 1.30. The molecule has 0 aliphatic heterocycles. The fraction of sp³-hybridized carbons (Fsp3) is 0.318. The molecule has 1 aromatic heterocycles. The first-order chi connectivity index (χ1) is 14.2. The molecule has 1 aliphatic carbocycles. The summed E-state index contributed by atoms with van der Waals surface area (Å²) in [6.45, 7) is 1.75. The van der Waals surface area contributed by atoms with Crippen LogP contribution in [0.3, 0.4) is 0 Å². The predicted octanol–water partition coefficient (Wildman–Crippen LogP) is 5.12. The molecule has 0 saturated carbocycles. The van der Waals surface area contributed by atoms with Gasteiger partial charge in [-0.1, -0.05) is 59.5 Å². The van der Waals surface area contributed by atoms with Gasteiger partial charge >= 0.3 is 0 Å². The van der Waals surface area contributed by atoms with Gasteiger partial charge in [0.2, 0.25) is 5.13 Å². The average molecular weight is 426 g/mol. The van der Waals surface area contributed by atoms with E-state index in [9.17, 15) is 4.79 Å². The van der Waals surface area contributed by atoms with E-state index in [1.54, 1.807) is 18.7 Å². The predicted molar refractivity (Wildman–Crippen MR) is 118 cm³/mol. The minimum absolute atomic E-state index is 0.224. The third-order valence-corrected chi connectivity index (χ3v) is 6.89. The number of thioether (sulfide) groups is 1. The van der Waals surface area contributed by atoms with Crippen molar-refractivity contribution in [3.8, 4) is 5.75 Å². The first kappa shape index (κ1) is 19.9. The number of nitrogens with zero attached hydrogens (tertiary/aromatic N) is 2. The number of rotatable bonds is 7. The molecule has 0 bridgehead atoms. The Bertz CT molecular complexity index is 975. The van der Waals surface area contributed by atoms with Gasteiger partial charge in [0.15, 0.2) is 10.4 Å². The van der Waals surface area contributed by atoms with Crippen molar-refractivity contribution in [1.82, 2.24) is 10.2 Å². The molecular weight excluding hydrogens is 402 g/mol. The number of amides is 1. The third kappa shape index (κ3) is 5.36. The second kappa shape index (κ2) is 9.41. The van der Waals surface area contributed by atoms with Crippen LogP contribution in [-0.4, -0.2) is 22.2 Å². The summed E-state index contributed by atoms with van der Waals surface area (Å²) in [5.74, 6) is 1.34. The number of carbonyl (C=O) groups is 1. The maximum Gasteiger partial charge on any atom is 0.266 e. The molecule has 3 aromatic rings. The van der Waals surface area contributed by atoms with Gasteiger partial charge in [0.1, 0.15) is 5.75 Å². The van der Waals surface area contributed by atoms with Gasteiger partial charge in [0.05, 0.1) is 0 Å². The van der Waals surface area contributed by atoms with Crippen LogP contribution in [0, 0.1) is 0 Å². The first-order valence-electron chi connectivity index (χ1n) is 9.77. The van der Waals surface area contributed by atoms with Gasteiger partial charge in [0.25, 0.3) is 5.91 Å². The highest BCUT2D eigenvalue weighted by molar-refractivity contribution is 8.00. The van der Waals surface area contributed by atoms with Crippen LogP contribution in [0.5, 0.6) is 5.75 Å². The van der Waals surface area contributed by atoms with Crippen molar-refractivity contribution >= 4 is 34.1 Å². The Labute approximate surface area is 178 Å². The average Bonchev–Trinajstić information content (AvgIpc) is 3.20. The van der Waals surface area contributed by atoms with Crippen molar-refractivity contribution in [2.24, 2.45) is 0 Å². The number of hydrogen-bond donors (Lipinski definition) is 1. The van der Waals surface area contributed by atoms with Gasteiger partial charge in [-0.25, -0.2) is 0 Å². The summed E-state index contributed by atoms with van der Waals surface area (Å²) in [6.07, 6.45) is 4.07. The summed E-state index contributed by atoms with van der Waals surface area (Å²) in [4.78, 5) is 12.5. The molecule has 1 amide bonds. The second-order valence-electron chi connectivity index (χ2n) is 7.03. The first-order valence-corrected chi connectivity index (χ1v) is 11.6. The molecule has 29 heavy (non-hydrogen) atoms. The van der Waals surface area contributed by atoms with Gasteiger partial charge in [-0.05, 0) is 61.4 Å². The number of aromatic nitrogens is 2. The molecule has 0 radical (unpaired) electrons. The highest BCUT2D eigenvalue weighted by Gasteiger charge is 2.18. The second-order valence-corrected chi connectivity index (χ2v) is 9.23. The van der Waals surface area contributed by atoms with E-state index < -0.39 is 6.10 Å². The van der Waals surface area contributed by atoms with Crippen molar-refractivity contribution in [3.63, 3.8) is 0 Å². The van der Waals surface area contributed by atoms with Crippen LogP contribution < -0.4 is 10.1 Å². The van der Waals surface area contributed by atoms with E-state index in [4.69, 9.17) is 4.74 Å². The quantitative estimate of drug-likeness (QED) is 0.421. The molecule has 1 heterocycles. The number of carbonyl (C=O) groups excluding carboxylic acids is 1. The molecule has 4 rings (SSSR count). The van der Waals surface area contributed by atoms with Crippen molar-refractivity contribution in [1.29, 1.82) is 0 Å². The number of ether oxygens (including phenoxy) is 1. The number of benzene rings is 2. The van der Waals surface area contributed by atoms with E-state index in [0.717, 1.165) is 28.7 Å². The summed E-state index contributed by atoms with van der Waals surface area (Å²) in [5, 5.41) is 11.5. The molecule has 7 heteroatoms. The molecule has 0 fully saturated rings. The topological polar surface area (TPSA) is 64.1 Å².